The van der Waals surface area contributed by atoms with Crippen LogP contribution in [-0.4, -0.2) is 5.91 Å². The second kappa shape index (κ2) is 5.06. The molecule has 3 rings (SSSR count). The first-order valence-corrected chi connectivity index (χ1v) is 7.01. The molecule has 20 heavy (non-hydrogen) atoms. The number of hydrogen-bond acceptors (Lipinski definition) is 2. The Bertz CT molecular complexity index is 761. The normalized spacial score (nSPS) is 10.7. The highest BCUT2D eigenvalue weighted by molar-refractivity contribution is 7.20. The lowest BCUT2D eigenvalue weighted by molar-refractivity contribution is 0.103. The summed E-state index contributed by atoms with van der Waals surface area (Å²) in [5.41, 5.74) is 1.34. The summed E-state index contributed by atoms with van der Waals surface area (Å²) in [5, 5.41) is 3.80. The fourth-order valence-electron chi connectivity index (χ4n) is 2.01. The van der Waals surface area contributed by atoms with Gasteiger partial charge in [-0.3, -0.25) is 4.79 Å². The van der Waals surface area contributed by atoms with E-state index in [9.17, 15) is 9.18 Å². The number of hydrogen-bond donors (Lipinski definition) is 1. The number of amides is 1. The average Bonchev–Trinajstić information content (AvgIpc) is 2.87. The number of benzene rings is 2. The lowest BCUT2D eigenvalue weighted by Crippen LogP contribution is -2.11. The largest absolute Gasteiger partial charge is 0.321 e. The summed E-state index contributed by atoms with van der Waals surface area (Å²) in [6.45, 7) is 1.83. The molecular formula is C16H12FNOS. The van der Waals surface area contributed by atoms with Crippen molar-refractivity contribution in [2.75, 3.05) is 5.32 Å². The van der Waals surface area contributed by atoms with Crippen LogP contribution in [0.2, 0.25) is 0 Å². The highest BCUT2D eigenvalue weighted by Gasteiger charge is 2.11. The molecule has 0 bridgehead atoms. The molecule has 1 heterocycles. The molecule has 0 saturated carbocycles. The Hall–Kier alpha value is -2.20. The molecule has 0 aliphatic carbocycles. The zero-order valence-corrected chi connectivity index (χ0v) is 11.6. The van der Waals surface area contributed by atoms with E-state index >= 15 is 0 Å². The number of halogens is 1. The van der Waals surface area contributed by atoms with Crippen LogP contribution >= 0.6 is 11.3 Å². The van der Waals surface area contributed by atoms with Gasteiger partial charge in [0.25, 0.3) is 5.91 Å². The first kappa shape index (κ1) is 12.8. The van der Waals surface area contributed by atoms with Crippen molar-refractivity contribution in [1.82, 2.24) is 0 Å². The maximum atomic E-state index is 13.2. The zero-order chi connectivity index (χ0) is 14.1. The van der Waals surface area contributed by atoms with Crippen LogP contribution in [-0.2, 0) is 0 Å². The molecule has 0 unspecified atom stereocenters. The SMILES string of the molecule is Cc1ccc(F)cc1NC(=O)c1cc2ccccc2s1. The van der Waals surface area contributed by atoms with Crippen molar-refractivity contribution in [3.8, 4) is 0 Å². The van der Waals surface area contributed by atoms with Gasteiger partial charge in [-0.25, -0.2) is 4.39 Å². The van der Waals surface area contributed by atoms with E-state index in [1.165, 1.54) is 23.5 Å². The minimum Gasteiger partial charge on any atom is -0.321 e. The number of nitrogens with one attached hydrogen (secondary N) is 1. The predicted octanol–water partition coefficient (Wildman–Crippen LogP) is 4.60. The van der Waals surface area contributed by atoms with Gasteiger partial charge in [0, 0.05) is 10.4 Å². The second-order valence-corrected chi connectivity index (χ2v) is 5.65. The predicted molar refractivity (Wildman–Crippen MR) is 80.9 cm³/mol. The molecule has 0 fully saturated rings. The molecule has 3 aromatic rings. The van der Waals surface area contributed by atoms with Gasteiger partial charge >= 0.3 is 0 Å². The Morgan fingerprint density at radius 3 is 2.75 bits per heavy atom. The number of rotatable bonds is 2. The lowest BCUT2D eigenvalue weighted by Gasteiger charge is -2.07. The van der Waals surface area contributed by atoms with Gasteiger partial charge in [0.1, 0.15) is 5.82 Å². The highest BCUT2D eigenvalue weighted by atomic mass is 32.1. The van der Waals surface area contributed by atoms with Crippen LogP contribution in [0.1, 0.15) is 15.2 Å². The number of carbonyl (C=O) groups excluding carboxylic acids is 1. The molecule has 0 atom stereocenters. The summed E-state index contributed by atoms with van der Waals surface area (Å²) in [6, 6.07) is 14.0. The summed E-state index contributed by atoms with van der Waals surface area (Å²) in [6.07, 6.45) is 0. The fraction of sp³-hybridized carbons (Fsp3) is 0.0625. The zero-order valence-electron chi connectivity index (χ0n) is 10.8. The van der Waals surface area contributed by atoms with Crippen molar-refractivity contribution in [1.29, 1.82) is 0 Å². The van der Waals surface area contributed by atoms with Crippen molar-refractivity contribution in [3.63, 3.8) is 0 Å². The molecule has 2 nitrogen and oxygen atoms in total. The molecule has 2 aromatic carbocycles. The van der Waals surface area contributed by atoms with Gasteiger partial charge in [-0.2, -0.15) is 0 Å². The minimum atomic E-state index is -0.359. The van der Waals surface area contributed by atoms with Crippen molar-refractivity contribution < 1.29 is 9.18 Å². The summed E-state index contributed by atoms with van der Waals surface area (Å²) in [5.74, 6) is -0.567. The quantitative estimate of drug-likeness (QED) is 0.732. The standard InChI is InChI=1S/C16H12FNOS/c1-10-6-7-12(17)9-13(10)18-16(19)15-8-11-4-2-3-5-14(11)20-15/h2-9H,1H3,(H,18,19). The molecule has 1 amide bonds. The molecule has 1 aromatic heterocycles. The van der Waals surface area contributed by atoms with Crippen LogP contribution in [0.4, 0.5) is 10.1 Å². The van der Waals surface area contributed by atoms with E-state index in [0.29, 0.717) is 10.6 Å². The average molecular weight is 285 g/mol. The summed E-state index contributed by atoms with van der Waals surface area (Å²) in [4.78, 5) is 12.8. The number of aryl methyl sites for hydroxylation is 1. The third kappa shape index (κ3) is 2.42. The molecule has 0 radical (unpaired) electrons. The van der Waals surface area contributed by atoms with E-state index in [2.05, 4.69) is 5.32 Å². The minimum absolute atomic E-state index is 0.208. The van der Waals surface area contributed by atoms with Crippen molar-refractivity contribution in [2.24, 2.45) is 0 Å². The van der Waals surface area contributed by atoms with Gasteiger partial charge < -0.3 is 5.32 Å². The smallest absolute Gasteiger partial charge is 0.265 e. The molecule has 0 saturated heterocycles. The van der Waals surface area contributed by atoms with Crippen LogP contribution in [0.25, 0.3) is 10.1 Å². The van der Waals surface area contributed by atoms with Gasteiger partial charge in [0.05, 0.1) is 4.88 Å². The topological polar surface area (TPSA) is 29.1 Å². The lowest BCUT2D eigenvalue weighted by atomic mass is 10.2. The maximum absolute atomic E-state index is 13.2. The van der Waals surface area contributed by atoms with Crippen molar-refractivity contribution in [3.05, 3.63) is 64.8 Å². The van der Waals surface area contributed by atoms with Crippen LogP contribution in [0.5, 0.6) is 0 Å². The van der Waals surface area contributed by atoms with E-state index in [0.717, 1.165) is 15.6 Å². The molecule has 1 N–H and O–H groups in total. The van der Waals surface area contributed by atoms with E-state index in [1.54, 1.807) is 6.07 Å². The number of thiophene rings is 1. The van der Waals surface area contributed by atoms with E-state index in [4.69, 9.17) is 0 Å². The monoisotopic (exact) mass is 285 g/mol. The van der Waals surface area contributed by atoms with Crippen molar-refractivity contribution in [2.45, 2.75) is 6.92 Å². The first-order chi connectivity index (χ1) is 9.63. The van der Waals surface area contributed by atoms with E-state index < -0.39 is 0 Å². The van der Waals surface area contributed by atoms with Crippen LogP contribution in [0.15, 0.2) is 48.5 Å². The first-order valence-electron chi connectivity index (χ1n) is 6.19. The van der Waals surface area contributed by atoms with E-state index in [-0.39, 0.29) is 11.7 Å². The number of anilines is 1. The van der Waals surface area contributed by atoms with Gasteiger partial charge in [-0.15, -0.1) is 11.3 Å². The molecule has 100 valence electrons. The molecule has 0 spiro atoms. The molecule has 4 heteroatoms. The Balaban J connectivity index is 1.90. The van der Waals surface area contributed by atoms with Gasteiger partial charge in [0.15, 0.2) is 0 Å². The van der Waals surface area contributed by atoms with Gasteiger partial charge in [-0.1, -0.05) is 24.3 Å². The maximum Gasteiger partial charge on any atom is 0.265 e. The Morgan fingerprint density at radius 1 is 1.15 bits per heavy atom. The summed E-state index contributed by atoms with van der Waals surface area (Å²) >= 11 is 1.43. The summed E-state index contributed by atoms with van der Waals surface area (Å²) in [7, 11) is 0. The third-order valence-electron chi connectivity index (χ3n) is 3.10. The van der Waals surface area contributed by atoms with Gasteiger partial charge in [0.2, 0.25) is 0 Å². The third-order valence-corrected chi connectivity index (χ3v) is 4.21. The fourth-order valence-corrected chi connectivity index (χ4v) is 2.96. The second-order valence-electron chi connectivity index (χ2n) is 4.56. The van der Waals surface area contributed by atoms with Crippen molar-refractivity contribution >= 4 is 33.0 Å². The Kier molecular flexibility index (Phi) is 3.24. The Labute approximate surface area is 119 Å². The van der Waals surface area contributed by atoms with Crippen LogP contribution < -0.4 is 5.32 Å². The molecular weight excluding hydrogens is 273 g/mol. The van der Waals surface area contributed by atoms with Gasteiger partial charge in [-0.05, 0) is 42.1 Å². The number of fused-ring (bicyclic) bond motifs is 1. The van der Waals surface area contributed by atoms with E-state index in [1.807, 2.05) is 37.3 Å². The highest BCUT2D eigenvalue weighted by Crippen LogP contribution is 2.26. The van der Waals surface area contributed by atoms with Crippen LogP contribution in [0, 0.1) is 12.7 Å². The molecule has 0 aliphatic heterocycles. The number of carbonyl (C=O) groups is 1. The molecule has 0 aliphatic rings. The Morgan fingerprint density at radius 2 is 1.95 bits per heavy atom. The van der Waals surface area contributed by atoms with Crippen LogP contribution in [0.3, 0.4) is 0 Å². The summed E-state index contributed by atoms with van der Waals surface area (Å²) < 4.78 is 14.3.